The quantitative estimate of drug-likeness (QED) is 0.708. The van der Waals surface area contributed by atoms with Crippen LogP contribution in [0.5, 0.6) is 0 Å². The van der Waals surface area contributed by atoms with Crippen molar-refractivity contribution in [2.45, 2.75) is 25.4 Å². The van der Waals surface area contributed by atoms with E-state index in [1.54, 1.807) is 24.3 Å². The van der Waals surface area contributed by atoms with Gasteiger partial charge in [0.05, 0.1) is 6.54 Å². The van der Waals surface area contributed by atoms with Gasteiger partial charge in [0.2, 0.25) is 0 Å². The Balaban J connectivity index is 2.01. The van der Waals surface area contributed by atoms with E-state index < -0.39 is 11.9 Å². The van der Waals surface area contributed by atoms with Crippen LogP contribution in [0.4, 0.5) is 13.2 Å². The molecule has 1 aromatic rings. The van der Waals surface area contributed by atoms with E-state index in [0.29, 0.717) is 0 Å². The van der Waals surface area contributed by atoms with E-state index >= 15 is 0 Å². The maximum Gasteiger partial charge on any atom is 0.435 e. The van der Waals surface area contributed by atoms with Crippen molar-refractivity contribution in [3.05, 3.63) is 35.9 Å². The SMILES string of the molecule is C[C@@]1(C(F)(F)F)ON1Cc1ccccc1. The van der Waals surface area contributed by atoms with Gasteiger partial charge < -0.3 is 0 Å². The molecule has 0 bridgehead atoms. The van der Waals surface area contributed by atoms with Gasteiger partial charge in [0, 0.05) is 0 Å². The van der Waals surface area contributed by atoms with Crippen LogP contribution in [0.2, 0.25) is 0 Å². The predicted octanol–water partition coefficient (Wildman–Crippen LogP) is 2.71. The second-order valence-electron chi connectivity index (χ2n) is 3.59. The summed E-state index contributed by atoms with van der Waals surface area (Å²) >= 11 is 0. The van der Waals surface area contributed by atoms with Crippen molar-refractivity contribution in [3.63, 3.8) is 0 Å². The molecule has 0 amide bonds. The molecule has 0 spiro atoms. The summed E-state index contributed by atoms with van der Waals surface area (Å²) in [4.78, 5) is 4.58. The normalized spacial score (nSPS) is 30.3. The first kappa shape index (κ1) is 10.4. The fourth-order valence-electron chi connectivity index (χ4n) is 1.32. The summed E-state index contributed by atoms with van der Waals surface area (Å²) in [6.07, 6.45) is -4.35. The van der Waals surface area contributed by atoms with E-state index in [1.165, 1.54) is 0 Å². The van der Waals surface area contributed by atoms with Crippen LogP contribution in [0.1, 0.15) is 12.5 Å². The minimum absolute atomic E-state index is 0.150. The third-order valence-corrected chi connectivity index (χ3v) is 2.43. The topological polar surface area (TPSA) is 15.5 Å². The molecule has 2 rings (SSSR count). The average molecular weight is 217 g/mol. The van der Waals surface area contributed by atoms with Gasteiger partial charge in [-0.3, -0.25) is 4.84 Å². The maximum atomic E-state index is 12.4. The van der Waals surface area contributed by atoms with Crippen LogP contribution < -0.4 is 0 Å². The monoisotopic (exact) mass is 217 g/mol. The highest BCUT2D eigenvalue weighted by atomic mass is 19.4. The number of nitrogens with zero attached hydrogens (tertiary/aromatic N) is 1. The van der Waals surface area contributed by atoms with Crippen LogP contribution in [0.15, 0.2) is 30.3 Å². The van der Waals surface area contributed by atoms with Gasteiger partial charge in [-0.15, -0.1) is 5.06 Å². The number of hydrogen-bond acceptors (Lipinski definition) is 2. The standard InChI is InChI=1S/C10H10F3NO/c1-9(10(11,12)13)14(15-9)7-8-5-3-2-4-6-8/h2-6H,7H2,1H3/t9-,14?/m0/s1. The van der Waals surface area contributed by atoms with Crippen LogP contribution in [-0.2, 0) is 11.4 Å². The lowest BCUT2D eigenvalue weighted by Crippen LogP contribution is -2.33. The first-order chi connectivity index (χ1) is 6.93. The molecule has 0 aliphatic carbocycles. The molecular formula is C10H10F3NO. The second-order valence-corrected chi connectivity index (χ2v) is 3.59. The van der Waals surface area contributed by atoms with Gasteiger partial charge in [-0.2, -0.15) is 13.2 Å². The van der Waals surface area contributed by atoms with Crippen molar-refractivity contribution in [1.82, 2.24) is 5.06 Å². The zero-order chi connectivity index (χ0) is 11.1. The summed E-state index contributed by atoms with van der Waals surface area (Å²) in [5.41, 5.74) is -1.31. The number of halogens is 3. The molecule has 0 aromatic heterocycles. The number of benzene rings is 1. The maximum absolute atomic E-state index is 12.4. The summed E-state index contributed by atoms with van der Waals surface area (Å²) in [5, 5.41) is 0.933. The minimum atomic E-state index is -4.35. The van der Waals surface area contributed by atoms with E-state index in [9.17, 15) is 13.2 Å². The first-order valence-electron chi connectivity index (χ1n) is 4.51. The highest BCUT2D eigenvalue weighted by Gasteiger charge is 2.69. The zero-order valence-electron chi connectivity index (χ0n) is 8.08. The molecule has 0 saturated carbocycles. The number of hydrogen-bond donors (Lipinski definition) is 0. The molecule has 15 heavy (non-hydrogen) atoms. The Labute approximate surface area is 85.2 Å². The highest BCUT2D eigenvalue weighted by Crippen LogP contribution is 2.48. The van der Waals surface area contributed by atoms with Crippen molar-refractivity contribution in [2.24, 2.45) is 0 Å². The van der Waals surface area contributed by atoms with Crippen LogP contribution in [0, 0.1) is 0 Å². The zero-order valence-corrected chi connectivity index (χ0v) is 8.08. The summed E-state index contributed by atoms with van der Waals surface area (Å²) < 4.78 is 37.2. The second kappa shape index (κ2) is 3.21. The number of rotatable bonds is 2. The molecule has 1 heterocycles. The molecular weight excluding hydrogens is 207 g/mol. The fraction of sp³-hybridized carbons (Fsp3) is 0.400. The van der Waals surface area contributed by atoms with Crippen LogP contribution >= 0.6 is 0 Å². The molecule has 1 saturated heterocycles. The van der Waals surface area contributed by atoms with Gasteiger partial charge >= 0.3 is 6.18 Å². The van der Waals surface area contributed by atoms with E-state index in [2.05, 4.69) is 4.84 Å². The van der Waals surface area contributed by atoms with Gasteiger partial charge in [0.15, 0.2) is 0 Å². The Morgan fingerprint density at radius 3 is 2.33 bits per heavy atom. The Morgan fingerprint density at radius 1 is 1.27 bits per heavy atom. The lowest BCUT2D eigenvalue weighted by molar-refractivity contribution is -0.181. The summed E-state index contributed by atoms with van der Waals surface area (Å²) in [7, 11) is 0. The van der Waals surface area contributed by atoms with Gasteiger partial charge in [-0.05, 0) is 12.5 Å². The largest absolute Gasteiger partial charge is 0.435 e. The van der Waals surface area contributed by atoms with Crippen LogP contribution in [0.25, 0.3) is 0 Å². The van der Waals surface area contributed by atoms with Gasteiger partial charge in [0.25, 0.3) is 5.72 Å². The fourth-order valence-corrected chi connectivity index (χ4v) is 1.32. The van der Waals surface area contributed by atoms with Crippen molar-refractivity contribution in [2.75, 3.05) is 0 Å². The molecule has 1 aliphatic rings. The summed E-state index contributed by atoms with van der Waals surface area (Å²) in [6.45, 7) is 1.17. The molecule has 1 fully saturated rings. The van der Waals surface area contributed by atoms with Gasteiger partial charge in [-0.25, -0.2) is 0 Å². The van der Waals surface area contributed by atoms with Crippen molar-refractivity contribution in [1.29, 1.82) is 0 Å². The molecule has 1 aliphatic heterocycles. The van der Waals surface area contributed by atoms with Crippen LogP contribution in [-0.4, -0.2) is 17.0 Å². The Morgan fingerprint density at radius 2 is 1.87 bits per heavy atom. The van der Waals surface area contributed by atoms with E-state index in [0.717, 1.165) is 17.6 Å². The van der Waals surface area contributed by atoms with E-state index in [-0.39, 0.29) is 6.54 Å². The molecule has 2 atom stereocenters. The lowest BCUT2D eigenvalue weighted by Gasteiger charge is -2.10. The molecule has 82 valence electrons. The first-order valence-corrected chi connectivity index (χ1v) is 4.51. The average Bonchev–Trinajstić information content (AvgIpc) is 2.79. The third kappa shape index (κ3) is 1.85. The van der Waals surface area contributed by atoms with Gasteiger partial charge in [-0.1, -0.05) is 30.3 Å². The molecule has 5 heteroatoms. The Hall–Kier alpha value is -1.07. The minimum Gasteiger partial charge on any atom is -0.261 e. The molecule has 1 unspecified atom stereocenters. The predicted molar refractivity (Wildman–Crippen MR) is 47.5 cm³/mol. The van der Waals surface area contributed by atoms with Crippen molar-refractivity contribution in [3.8, 4) is 0 Å². The smallest absolute Gasteiger partial charge is 0.261 e. The molecule has 2 nitrogen and oxygen atoms in total. The Bertz CT molecular complexity index is 351. The summed E-state index contributed by atoms with van der Waals surface area (Å²) in [5.74, 6) is 0. The Kier molecular flexibility index (Phi) is 2.24. The van der Waals surface area contributed by atoms with Gasteiger partial charge in [0.1, 0.15) is 0 Å². The van der Waals surface area contributed by atoms with Crippen molar-refractivity contribution >= 4 is 0 Å². The van der Waals surface area contributed by atoms with E-state index in [4.69, 9.17) is 0 Å². The lowest BCUT2D eigenvalue weighted by atomic mass is 10.2. The number of hydroxylamine groups is 2. The van der Waals surface area contributed by atoms with Crippen LogP contribution in [0.3, 0.4) is 0 Å². The molecule has 0 N–H and O–H groups in total. The summed E-state index contributed by atoms with van der Waals surface area (Å²) in [6, 6.07) is 8.90. The molecule has 1 aromatic carbocycles. The van der Waals surface area contributed by atoms with E-state index in [1.807, 2.05) is 6.07 Å². The molecule has 0 radical (unpaired) electrons. The van der Waals surface area contributed by atoms with Crippen molar-refractivity contribution < 1.29 is 18.0 Å². The third-order valence-electron chi connectivity index (χ3n) is 2.43. The number of alkyl halides is 3. The highest BCUT2D eigenvalue weighted by molar-refractivity contribution is 5.15.